The number of aryl methyl sites for hydroxylation is 3. The summed E-state index contributed by atoms with van der Waals surface area (Å²) in [6, 6.07) is 8.30. The van der Waals surface area contributed by atoms with Gasteiger partial charge in [-0.25, -0.2) is 0 Å². The van der Waals surface area contributed by atoms with Crippen LogP contribution in [0.2, 0.25) is 0 Å². The molecule has 0 bridgehead atoms. The fourth-order valence-corrected chi connectivity index (χ4v) is 2.34. The van der Waals surface area contributed by atoms with Gasteiger partial charge >= 0.3 is 0 Å². The Labute approximate surface area is 127 Å². The third-order valence-electron chi connectivity index (χ3n) is 3.51. The van der Waals surface area contributed by atoms with Gasteiger partial charge < -0.3 is 14.5 Å². The molecule has 0 unspecified atom stereocenters. The van der Waals surface area contributed by atoms with Crippen LogP contribution in [-0.2, 0) is 13.2 Å². The van der Waals surface area contributed by atoms with E-state index in [2.05, 4.69) is 44.3 Å². The van der Waals surface area contributed by atoms with Gasteiger partial charge in [-0.05, 0) is 51.4 Å². The Balaban J connectivity index is 1.95. The molecule has 1 aromatic carbocycles. The van der Waals surface area contributed by atoms with Crippen LogP contribution in [0.1, 0.15) is 41.6 Å². The van der Waals surface area contributed by atoms with Crippen molar-refractivity contribution in [3.63, 3.8) is 0 Å². The first kappa shape index (κ1) is 15.6. The van der Waals surface area contributed by atoms with Crippen molar-refractivity contribution < 1.29 is 9.15 Å². The van der Waals surface area contributed by atoms with Gasteiger partial charge in [0.05, 0.1) is 0 Å². The van der Waals surface area contributed by atoms with Gasteiger partial charge in [0.2, 0.25) is 0 Å². The van der Waals surface area contributed by atoms with E-state index in [1.807, 2.05) is 13.0 Å². The summed E-state index contributed by atoms with van der Waals surface area (Å²) in [6.07, 6.45) is 1.14. The fraction of sp³-hybridized carbons (Fsp3) is 0.444. The zero-order valence-electron chi connectivity index (χ0n) is 13.5. The van der Waals surface area contributed by atoms with Crippen LogP contribution < -0.4 is 10.1 Å². The summed E-state index contributed by atoms with van der Waals surface area (Å²) in [6.45, 7) is 10.7. The van der Waals surface area contributed by atoms with Crippen LogP contribution >= 0.6 is 0 Å². The van der Waals surface area contributed by atoms with Crippen molar-refractivity contribution in [2.45, 2.75) is 47.3 Å². The summed E-state index contributed by atoms with van der Waals surface area (Å²) in [4.78, 5) is 0. The molecule has 0 spiro atoms. The van der Waals surface area contributed by atoms with Crippen molar-refractivity contribution in [3.8, 4) is 5.75 Å². The molecule has 2 rings (SSSR count). The van der Waals surface area contributed by atoms with Gasteiger partial charge in [-0.3, -0.25) is 0 Å². The first-order valence-electron chi connectivity index (χ1n) is 7.59. The Kier molecular flexibility index (Phi) is 5.45. The first-order valence-corrected chi connectivity index (χ1v) is 7.59. The highest BCUT2D eigenvalue weighted by atomic mass is 16.5. The Morgan fingerprint density at radius 3 is 2.67 bits per heavy atom. The smallest absolute Gasteiger partial charge is 0.146 e. The predicted octanol–water partition coefficient (Wildman–Crippen LogP) is 4.28. The monoisotopic (exact) mass is 287 g/mol. The molecule has 0 aliphatic heterocycles. The van der Waals surface area contributed by atoms with Crippen molar-refractivity contribution in [3.05, 3.63) is 52.5 Å². The minimum Gasteiger partial charge on any atom is -0.485 e. The van der Waals surface area contributed by atoms with E-state index in [1.165, 1.54) is 11.1 Å². The maximum atomic E-state index is 5.86. The molecule has 0 atom stereocenters. The van der Waals surface area contributed by atoms with E-state index < -0.39 is 0 Å². The average Bonchev–Trinajstić information content (AvgIpc) is 2.79. The Morgan fingerprint density at radius 1 is 1.14 bits per heavy atom. The van der Waals surface area contributed by atoms with Gasteiger partial charge in [0, 0.05) is 12.1 Å². The summed E-state index contributed by atoms with van der Waals surface area (Å²) >= 11 is 0. The molecule has 0 aliphatic carbocycles. The minimum atomic E-state index is 0.471. The van der Waals surface area contributed by atoms with Crippen LogP contribution in [0.15, 0.2) is 28.7 Å². The van der Waals surface area contributed by atoms with Crippen LogP contribution in [0.4, 0.5) is 0 Å². The van der Waals surface area contributed by atoms with E-state index in [9.17, 15) is 0 Å². The second-order valence-electron chi connectivity index (χ2n) is 5.53. The predicted molar refractivity (Wildman–Crippen MR) is 85.7 cm³/mol. The molecule has 114 valence electrons. The molecular formula is C18H25NO2. The molecule has 0 saturated heterocycles. The Morgan fingerprint density at radius 2 is 1.95 bits per heavy atom. The van der Waals surface area contributed by atoms with Gasteiger partial charge in [0.1, 0.15) is 23.9 Å². The van der Waals surface area contributed by atoms with Crippen LogP contribution in [0.5, 0.6) is 5.75 Å². The van der Waals surface area contributed by atoms with E-state index in [0.717, 1.165) is 42.3 Å². The van der Waals surface area contributed by atoms with E-state index in [1.54, 1.807) is 0 Å². The quantitative estimate of drug-likeness (QED) is 0.772. The number of nitrogens with one attached hydrogen (secondary N) is 1. The third kappa shape index (κ3) is 4.36. The van der Waals surface area contributed by atoms with Gasteiger partial charge in [-0.15, -0.1) is 0 Å². The van der Waals surface area contributed by atoms with Crippen molar-refractivity contribution in [1.82, 2.24) is 5.32 Å². The van der Waals surface area contributed by atoms with Crippen molar-refractivity contribution >= 4 is 0 Å². The number of ether oxygens (including phenoxy) is 1. The number of hydrogen-bond donors (Lipinski definition) is 1. The molecular weight excluding hydrogens is 262 g/mol. The molecule has 0 amide bonds. The number of furan rings is 1. The van der Waals surface area contributed by atoms with Gasteiger partial charge in [-0.2, -0.15) is 0 Å². The van der Waals surface area contributed by atoms with E-state index >= 15 is 0 Å². The molecule has 0 aliphatic rings. The normalized spacial score (nSPS) is 10.9. The summed E-state index contributed by atoms with van der Waals surface area (Å²) in [5.41, 5.74) is 3.61. The SMILES string of the molecule is CCCNCc1cc(COc2ccc(C)cc2C)oc1C. The van der Waals surface area contributed by atoms with Crippen LogP contribution in [0, 0.1) is 20.8 Å². The second kappa shape index (κ2) is 7.32. The Bertz CT molecular complexity index is 587. The van der Waals surface area contributed by atoms with Crippen molar-refractivity contribution in [2.75, 3.05) is 6.54 Å². The largest absolute Gasteiger partial charge is 0.485 e. The molecule has 1 N–H and O–H groups in total. The highest BCUT2D eigenvalue weighted by Gasteiger charge is 2.08. The maximum absolute atomic E-state index is 5.86. The first-order chi connectivity index (χ1) is 10.1. The summed E-state index contributed by atoms with van der Waals surface area (Å²) < 4.78 is 11.6. The molecule has 21 heavy (non-hydrogen) atoms. The minimum absolute atomic E-state index is 0.471. The fourth-order valence-electron chi connectivity index (χ4n) is 2.34. The lowest BCUT2D eigenvalue weighted by atomic mass is 10.1. The van der Waals surface area contributed by atoms with Gasteiger partial charge in [0.25, 0.3) is 0 Å². The second-order valence-corrected chi connectivity index (χ2v) is 5.53. The summed E-state index contributed by atoms with van der Waals surface area (Å²) in [5.74, 6) is 2.76. The van der Waals surface area contributed by atoms with Crippen LogP contribution in [-0.4, -0.2) is 6.54 Å². The molecule has 1 heterocycles. The number of benzene rings is 1. The molecule has 0 radical (unpaired) electrons. The summed E-state index contributed by atoms with van der Waals surface area (Å²) in [5, 5.41) is 3.39. The standard InChI is InChI=1S/C18H25NO2/c1-5-8-19-11-16-10-17(21-15(16)4)12-20-18-7-6-13(2)9-14(18)3/h6-7,9-10,19H,5,8,11-12H2,1-4H3. The Hall–Kier alpha value is -1.74. The van der Waals surface area contributed by atoms with Crippen LogP contribution in [0.25, 0.3) is 0 Å². The molecule has 0 fully saturated rings. The zero-order chi connectivity index (χ0) is 15.2. The van der Waals surface area contributed by atoms with E-state index in [-0.39, 0.29) is 0 Å². The zero-order valence-corrected chi connectivity index (χ0v) is 13.5. The van der Waals surface area contributed by atoms with Gasteiger partial charge in [-0.1, -0.05) is 24.6 Å². The maximum Gasteiger partial charge on any atom is 0.146 e. The number of hydrogen-bond acceptors (Lipinski definition) is 3. The lowest BCUT2D eigenvalue weighted by Crippen LogP contribution is -2.13. The lowest BCUT2D eigenvalue weighted by Gasteiger charge is -2.08. The third-order valence-corrected chi connectivity index (χ3v) is 3.51. The van der Waals surface area contributed by atoms with E-state index in [0.29, 0.717) is 6.61 Å². The topological polar surface area (TPSA) is 34.4 Å². The lowest BCUT2D eigenvalue weighted by molar-refractivity contribution is 0.266. The van der Waals surface area contributed by atoms with E-state index in [4.69, 9.17) is 9.15 Å². The summed E-state index contributed by atoms with van der Waals surface area (Å²) in [7, 11) is 0. The molecule has 0 saturated carbocycles. The van der Waals surface area contributed by atoms with Gasteiger partial charge in [0.15, 0.2) is 0 Å². The average molecular weight is 287 g/mol. The molecule has 2 aromatic rings. The molecule has 3 nitrogen and oxygen atoms in total. The van der Waals surface area contributed by atoms with Crippen molar-refractivity contribution in [1.29, 1.82) is 0 Å². The molecule has 1 aromatic heterocycles. The van der Waals surface area contributed by atoms with Crippen LogP contribution in [0.3, 0.4) is 0 Å². The molecule has 3 heteroatoms. The highest BCUT2D eigenvalue weighted by molar-refractivity contribution is 5.35. The van der Waals surface area contributed by atoms with Crippen molar-refractivity contribution in [2.24, 2.45) is 0 Å². The highest BCUT2D eigenvalue weighted by Crippen LogP contribution is 2.21. The number of rotatable bonds is 7.